The predicted octanol–water partition coefficient (Wildman–Crippen LogP) is 16.0. The fourth-order valence-corrected chi connectivity index (χ4v) is 9.75. The molecule has 308 valence electrons. The van der Waals surface area contributed by atoms with Crippen molar-refractivity contribution < 1.29 is 4.42 Å². The Hall–Kier alpha value is -8.93. The predicted molar refractivity (Wildman–Crippen MR) is 272 cm³/mol. The lowest BCUT2D eigenvalue weighted by Crippen LogP contribution is -2.03. The molecule has 0 spiro atoms. The zero-order chi connectivity index (χ0) is 43.6. The van der Waals surface area contributed by atoms with Crippen molar-refractivity contribution >= 4 is 54.5 Å². The van der Waals surface area contributed by atoms with Gasteiger partial charge in [-0.05, 0) is 93.2 Å². The minimum atomic E-state index is 0.580. The van der Waals surface area contributed by atoms with Crippen LogP contribution in [0.4, 0.5) is 0 Å². The van der Waals surface area contributed by atoms with E-state index in [2.05, 4.69) is 211 Å². The molecule has 0 radical (unpaired) electrons. The third-order valence-corrected chi connectivity index (χ3v) is 12.9. The van der Waals surface area contributed by atoms with E-state index in [4.69, 9.17) is 19.4 Å². The number of fused-ring (bicyclic) bond motifs is 7. The highest BCUT2D eigenvalue weighted by Gasteiger charge is 2.22. The molecule has 10 aromatic carbocycles. The van der Waals surface area contributed by atoms with Crippen LogP contribution >= 0.6 is 0 Å². The van der Waals surface area contributed by atoms with Crippen LogP contribution in [-0.4, -0.2) is 19.5 Å². The molecule has 0 unspecified atom stereocenters. The van der Waals surface area contributed by atoms with Crippen molar-refractivity contribution in [3.05, 3.63) is 231 Å². The van der Waals surface area contributed by atoms with E-state index in [9.17, 15) is 0 Å². The maximum absolute atomic E-state index is 6.36. The summed E-state index contributed by atoms with van der Waals surface area (Å²) in [6.45, 7) is 0. The maximum Gasteiger partial charge on any atom is 0.164 e. The van der Waals surface area contributed by atoms with Gasteiger partial charge in [0.15, 0.2) is 17.5 Å². The summed E-state index contributed by atoms with van der Waals surface area (Å²) in [5.74, 6) is 1.78. The van der Waals surface area contributed by atoms with Gasteiger partial charge in [-0.25, -0.2) is 15.0 Å². The molecule has 3 aromatic heterocycles. The highest BCUT2D eigenvalue weighted by molar-refractivity contribution is 6.14. The second-order valence-electron chi connectivity index (χ2n) is 16.7. The van der Waals surface area contributed by atoms with Crippen molar-refractivity contribution in [2.24, 2.45) is 0 Å². The number of para-hydroxylation sites is 2. The van der Waals surface area contributed by atoms with Gasteiger partial charge in [-0.2, -0.15) is 0 Å². The van der Waals surface area contributed by atoms with Gasteiger partial charge in [-0.1, -0.05) is 176 Å². The molecule has 0 N–H and O–H groups in total. The quantitative estimate of drug-likeness (QED) is 0.160. The van der Waals surface area contributed by atoms with Crippen LogP contribution in [0.1, 0.15) is 0 Å². The van der Waals surface area contributed by atoms with E-state index in [1.807, 2.05) is 24.3 Å². The van der Waals surface area contributed by atoms with Crippen LogP contribution in [0.5, 0.6) is 0 Å². The van der Waals surface area contributed by atoms with Crippen LogP contribution in [0.2, 0.25) is 0 Å². The van der Waals surface area contributed by atoms with Crippen molar-refractivity contribution in [2.45, 2.75) is 0 Å². The van der Waals surface area contributed by atoms with E-state index >= 15 is 0 Å². The Morgan fingerprint density at radius 3 is 1.52 bits per heavy atom. The Bertz CT molecular complexity index is 3900. The van der Waals surface area contributed by atoms with Crippen molar-refractivity contribution in [3.63, 3.8) is 0 Å². The molecule has 0 saturated heterocycles. The van der Waals surface area contributed by atoms with Gasteiger partial charge in [0.25, 0.3) is 0 Å². The minimum Gasteiger partial charge on any atom is -0.456 e. The second kappa shape index (κ2) is 15.4. The van der Waals surface area contributed by atoms with Crippen molar-refractivity contribution in [1.29, 1.82) is 0 Å². The summed E-state index contributed by atoms with van der Waals surface area (Å²) < 4.78 is 8.78. The zero-order valence-corrected chi connectivity index (χ0v) is 35.6. The number of hydrogen-bond donors (Lipinski definition) is 0. The molecule has 0 aliphatic carbocycles. The van der Waals surface area contributed by atoms with Crippen molar-refractivity contribution in [2.75, 3.05) is 0 Å². The Morgan fingerprint density at radius 1 is 0.288 bits per heavy atom. The average molecular weight is 843 g/mol. The highest BCUT2D eigenvalue weighted by Crippen LogP contribution is 2.42. The summed E-state index contributed by atoms with van der Waals surface area (Å²) in [5, 5.41) is 6.95. The standard InChI is InChI=1S/C61H38N4O/c1-3-17-39(18-4-1)45-23-9-11-27-49(45)60-62-59(63-61(64-60)50-28-12-10-24-46(50)40-19-5-2-6-20-40)44-31-33-55(51(37-44)43-32-34-58-53(36-43)48-26-14-16-30-57(48)66-58)65-54-29-15-13-25-47(54)52-35-41-21-7-8-22-42(41)38-56(52)65/h1-38H. The van der Waals surface area contributed by atoms with Crippen LogP contribution in [0, 0.1) is 0 Å². The van der Waals surface area contributed by atoms with Gasteiger partial charge >= 0.3 is 0 Å². The highest BCUT2D eigenvalue weighted by atomic mass is 16.3. The molecule has 66 heavy (non-hydrogen) atoms. The summed E-state index contributed by atoms with van der Waals surface area (Å²) in [4.78, 5) is 16.1. The SMILES string of the molecule is c1ccc(-c2ccccc2-c2nc(-c3ccc(-n4c5ccccc5c5cc6ccccc6cc54)c(-c4ccc5oc6ccccc6c5c4)c3)nc(-c3ccccc3-c3ccccc3)n2)cc1. The maximum atomic E-state index is 6.36. The fourth-order valence-electron chi connectivity index (χ4n) is 9.75. The van der Waals surface area contributed by atoms with Gasteiger partial charge in [0.05, 0.1) is 16.7 Å². The number of hydrogen-bond acceptors (Lipinski definition) is 4. The van der Waals surface area contributed by atoms with Crippen LogP contribution in [0.15, 0.2) is 235 Å². The van der Waals surface area contributed by atoms with Crippen molar-refractivity contribution in [3.8, 4) is 73.2 Å². The molecule has 0 aliphatic rings. The smallest absolute Gasteiger partial charge is 0.164 e. The first-order valence-electron chi connectivity index (χ1n) is 22.3. The summed E-state index contributed by atoms with van der Waals surface area (Å²) >= 11 is 0. The number of aromatic nitrogens is 4. The van der Waals surface area contributed by atoms with Gasteiger partial charge in [0.2, 0.25) is 0 Å². The number of nitrogens with zero attached hydrogens (tertiary/aromatic N) is 4. The average Bonchev–Trinajstić information content (AvgIpc) is 3.93. The Kier molecular flexibility index (Phi) is 8.78. The summed E-state index contributed by atoms with van der Waals surface area (Å²) in [6.07, 6.45) is 0. The van der Waals surface area contributed by atoms with Crippen LogP contribution in [0.3, 0.4) is 0 Å². The first-order valence-corrected chi connectivity index (χ1v) is 22.3. The molecule has 0 aliphatic heterocycles. The van der Waals surface area contributed by atoms with E-state index in [1.165, 1.54) is 21.5 Å². The molecule has 13 aromatic rings. The first kappa shape index (κ1) is 37.6. The molecule has 0 fully saturated rings. The van der Waals surface area contributed by atoms with E-state index in [1.54, 1.807) is 0 Å². The topological polar surface area (TPSA) is 56.7 Å². The molecule has 3 heterocycles. The van der Waals surface area contributed by atoms with Crippen molar-refractivity contribution in [1.82, 2.24) is 19.5 Å². The largest absolute Gasteiger partial charge is 0.456 e. The molecule has 0 atom stereocenters. The third kappa shape index (κ3) is 6.28. The first-order chi connectivity index (χ1) is 32.7. The lowest BCUT2D eigenvalue weighted by Gasteiger charge is -2.17. The zero-order valence-electron chi connectivity index (χ0n) is 35.6. The second-order valence-corrected chi connectivity index (χ2v) is 16.7. The summed E-state index contributed by atoms with van der Waals surface area (Å²) in [5.41, 5.74) is 14.1. The Morgan fingerprint density at radius 2 is 0.818 bits per heavy atom. The lowest BCUT2D eigenvalue weighted by atomic mass is 9.97. The molecule has 13 rings (SSSR count). The van der Waals surface area contributed by atoms with Crippen LogP contribution < -0.4 is 0 Å². The molecule has 0 bridgehead atoms. The van der Waals surface area contributed by atoms with E-state index in [0.29, 0.717) is 17.5 Å². The van der Waals surface area contributed by atoms with E-state index in [-0.39, 0.29) is 0 Å². The van der Waals surface area contributed by atoms with Gasteiger partial charge < -0.3 is 8.98 Å². The Labute approximate surface area is 380 Å². The number of furan rings is 1. The molecular formula is C61H38N4O. The van der Waals surface area contributed by atoms with Gasteiger partial charge in [0.1, 0.15) is 11.2 Å². The summed E-state index contributed by atoms with van der Waals surface area (Å²) in [7, 11) is 0. The molecule has 0 amide bonds. The monoisotopic (exact) mass is 842 g/mol. The van der Waals surface area contributed by atoms with E-state index in [0.717, 1.165) is 88.7 Å². The Balaban J connectivity index is 1.09. The van der Waals surface area contributed by atoms with Gasteiger partial charge in [-0.3, -0.25) is 0 Å². The van der Waals surface area contributed by atoms with Gasteiger partial charge in [-0.15, -0.1) is 0 Å². The molecule has 0 saturated carbocycles. The summed E-state index contributed by atoms with van der Waals surface area (Å²) in [6, 6.07) is 81.1. The fraction of sp³-hybridized carbons (Fsp3) is 0. The van der Waals surface area contributed by atoms with Crippen LogP contribution in [-0.2, 0) is 0 Å². The van der Waals surface area contributed by atoms with Crippen LogP contribution in [0.25, 0.3) is 128 Å². The molecule has 5 nitrogen and oxygen atoms in total. The molecular weight excluding hydrogens is 805 g/mol. The normalized spacial score (nSPS) is 11.6. The van der Waals surface area contributed by atoms with Gasteiger partial charge in [0, 0.05) is 43.8 Å². The lowest BCUT2D eigenvalue weighted by molar-refractivity contribution is 0.669. The third-order valence-electron chi connectivity index (χ3n) is 12.9. The van der Waals surface area contributed by atoms with E-state index < -0.39 is 0 Å². The number of benzene rings is 10. The molecule has 5 heteroatoms. The number of rotatable bonds is 7. The minimum absolute atomic E-state index is 0.580.